The molecule has 182 valence electrons. The van der Waals surface area contributed by atoms with Gasteiger partial charge >= 0.3 is 0 Å². The molecule has 0 saturated carbocycles. The molecule has 0 fully saturated rings. The minimum atomic E-state index is 0.538. The minimum Gasteiger partial charge on any atom is -0.379 e. The molecule has 0 amide bonds. The third kappa shape index (κ3) is 28.1. The molecule has 0 aromatic heterocycles. The fourth-order valence-corrected chi connectivity index (χ4v) is 2.19. The van der Waals surface area contributed by atoms with E-state index in [2.05, 4.69) is 15.9 Å². The lowest BCUT2D eigenvalue weighted by Crippen LogP contribution is -2.15. The van der Waals surface area contributed by atoms with Crippen molar-refractivity contribution in [1.82, 2.24) is 0 Å². The van der Waals surface area contributed by atoms with E-state index in [1.54, 1.807) is 0 Å². The van der Waals surface area contributed by atoms with Crippen molar-refractivity contribution in [1.29, 1.82) is 0 Å². The zero-order valence-corrected chi connectivity index (χ0v) is 20.1. The van der Waals surface area contributed by atoms with Crippen LogP contribution in [-0.4, -0.2) is 124 Å². The molecule has 0 rings (SSSR count). The summed E-state index contributed by atoms with van der Waals surface area (Å²) in [7, 11) is 0. The second-order valence-electron chi connectivity index (χ2n) is 5.78. The zero-order valence-electron chi connectivity index (χ0n) is 18.5. The largest absolute Gasteiger partial charge is 0.379 e. The molecule has 0 bridgehead atoms. The number of alkyl halides is 1. The van der Waals surface area contributed by atoms with Crippen molar-refractivity contribution in [2.24, 2.45) is 0 Å². The van der Waals surface area contributed by atoms with Crippen LogP contribution in [0.5, 0.6) is 0 Å². The Hall–Kier alpha value is 0.120. The molecule has 0 N–H and O–H groups in total. The molecule has 0 aromatic carbocycles. The van der Waals surface area contributed by atoms with E-state index < -0.39 is 0 Å². The van der Waals surface area contributed by atoms with Gasteiger partial charge in [-0.05, 0) is 6.92 Å². The fraction of sp³-hybridized carbons (Fsp3) is 1.00. The highest BCUT2D eigenvalue weighted by Crippen LogP contribution is 1.86. The van der Waals surface area contributed by atoms with Crippen LogP contribution in [0, 0.1) is 0 Å². The highest BCUT2D eigenvalue weighted by molar-refractivity contribution is 9.09. The topological polar surface area (TPSA) is 83.1 Å². The van der Waals surface area contributed by atoms with E-state index in [0.717, 1.165) is 5.33 Å². The molecule has 0 saturated heterocycles. The van der Waals surface area contributed by atoms with Gasteiger partial charge < -0.3 is 42.6 Å². The summed E-state index contributed by atoms with van der Waals surface area (Å²) >= 11 is 3.29. The summed E-state index contributed by atoms with van der Waals surface area (Å²) in [6.07, 6.45) is 0. The minimum absolute atomic E-state index is 0.538. The van der Waals surface area contributed by atoms with E-state index in [1.807, 2.05) is 6.92 Å². The third-order valence-corrected chi connectivity index (χ3v) is 3.73. The first-order valence-electron chi connectivity index (χ1n) is 10.7. The monoisotopic (exact) mass is 504 g/mol. The Bertz CT molecular complexity index is 273. The maximum Gasteiger partial charge on any atom is 0.0701 e. The van der Waals surface area contributed by atoms with Gasteiger partial charge in [-0.1, -0.05) is 15.9 Å². The summed E-state index contributed by atoms with van der Waals surface area (Å²) in [6, 6.07) is 0. The first kappa shape index (κ1) is 30.1. The van der Waals surface area contributed by atoms with Crippen LogP contribution < -0.4 is 0 Å². The van der Waals surface area contributed by atoms with Crippen LogP contribution in [0.2, 0.25) is 0 Å². The van der Waals surface area contributed by atoms with Gasteiger partial charge in [-0.15, -0.1) is 0 Å². The lowest BCUT2D eigenvalue weighted by atomic mass is 10.6. The van der Waals surface area contributed by atoms with Crippen LogP contribution >= 0.6 is 15.9 Å². The van der Waals surface area contributed by atoms with Gasteiger partial charge in [0.05, 0.1) is 112 Å². The summed E-state index contributed by atoms with van der Waals surface area (Å²) in [4.78, 5) is 0. The highest BCUT2D eigenvalue weighted by Gasteiger charge is 1.95. The Morgan fingerprint density at radius 1 is 0.333 bits per heavy atom. The number of hydrogen-bond donors (Lipinski definition) is 0. The van der Waals surface area contributed by atoms with Gasteiger partial charge in [-0.25, -0.2) is 0 Å². The van der Waals surface area contributed by atoms with Crippen LogP contribution in [0.4, 0.5) is 0 Å². The second kappa shape index (κ2) is 29.1. The number of ether oxygens (including phenoxy) is 9. The molecule has 30 heavy (non-hydrogen) atoms. The van der Waals surface area contributed by atoms with Gasteiger partial charge in [0.1, 0.15) is 0 Å². The van der Waals surface area contributed by atoms with Crippen molar-refractivity contribution in [2.75, 3.05) is 124 Å². The van der Waals surface area contributed by atoms with Crippen LogP contribution in [0.25, 0.3) is 0 Å². The van der Waals surface area contributed by atoms with E-state index in [4.69, 9.17) is 42.6 Å². The average Bonchev–Trinajstić information content (AvgIpc) is 2.76. The lowest BCUT2D eigenvalue weighted by molar-refractivity contribution is -0.0245. The average molecular weight is 505 g/mol. The van der Waals surface area contributed by atoms with Crippen molar-refractivity contribution in [3.8, 4) is 0 Å². The summed E-state index contributed by atoms with van der Waals surface area (Å²) in [5.74, 6) is 0. The highest BCUT2D eigenvalue weighted by atomic mass is 79.9. The molecule has 9 nitrogen and oxygen atoms in total. The molecular formula is C20H41BrO9. The molecule has 0 heterocycles. The summed E-state index contributed by atoms with van der Waals surface area (Å²) in [6.45, 7) is 12.4. The Morgan fingerprint density at radius 2 is 0.533 bits per heavy atom. The van der Waals surface area contributed by atoms with Crippen molar-refractivity contribution >= 4 is 15.9 Å². The summed E-state index contributed by atoms with van der Waals surface area (Å²) in [5.41, 5.74) is 0. The van der Waals surface area contributed by atoms with Crippen molar-refractivity contribution in [3.63, 3.8) is 0 Å². The second-order valence-corrected chi connectivity index (χ2v) is 6.58. The van der Waals surface area contributed by atoms with Crippen LogP contribution in [-0.2, 0) is 42.6 Å². The molecule has 0 radical (unpaired) electrons. The number of hydrogen-bond acceptors (Lipinski definition) is 9. The van der Waals surface area contributed by atoms with Gasteiger partial charge in [0.25, 0.3) is 0 Å². The molecule has 10 heteroatoms. The van der Waals surface area contributed by atoms with Crippen LogP contribution in [0.1, 0.15) is 6.92 Å². The first-order chi connectivity index (χ1) is 14.9. The fourth-order valence-electron chi connectivity index (χ4n) is 1.96. The molecule has 0 unspecified atom stereocenters. The SMILES string of the molecule is CCOCCOCCOCCOCCOCCOCCOCCOCCOCCBr. The Kier molecular flexibility index (Phi) is 29.2. The van der Waals surface area contributed by atoms with E-state index in [9.17, 15) is 0 Å². The van der Waals surface area contributed by atoms with Crippen LogP contribution in [0.15, 0.2) is 0 Å². The first-order valence-corrected chi connectivity index (χ1v) is 11.8. The third-order valence-electron chi connectivity index (χ3n) is 3.40. The smallest absolute Gasteiger partial charge is 0.0701 e. The van der Waals surface area contributed by atoms with E-state index in [0.29, 0.717) is 119 Å². The molecule has 0 atom stereocenters. The lowest BCUT2D eigenvalue weighted by Gasteiger charge is -2.08. The maximum absolute atomic E-state index is 5.43. The standard InChI is InChI=1S/C20H41BrO9/c1-2-22-5-6-24-9-10-26-13-14-28-17-18-30-20-19-29-16-15-27-12-11-25-8-7-23-4-3-21/h2-20H2,1H3. The molecule has 0 aliphatic carbocycles. The van der Waals surface area contributed by atoms with Crippen molar-refractivity contribution in [2.45, 2.75) is 6.92 Å². The molecule has 0 aromatic rings. The van der Waals surface area contributed by atoms with Gasteiger partial charge in [-0.3, -0.25) is 0 Å². The molecular weight excluding hydrogens is 464 g/mol. The predicted molar refractivity (Wildman–Crippen MR) is 117 cm³/mol. The normalized spacial score (nSPS) is 11.4. The molecule has 0 aliphatic rings. The van der Waals surface area contributed by atoms with Gasteiger partial charge in [0.15, 0.2) is 0 Å². The van der Waals surface area contributed by atoms with E-state index >= 15 is 0 Å². The quantitative estimate of drug-likeness (QED) is 0.122. The summed E-state index contributed by atoms with van der Waals surface area (Å²) < 4.78 is 48.2. The predicted octanol–water partition coefficient (Wildman–Crippen LogP) is 1.55. The van der Waals surface area contributed by atoms with Gasteiger partial charge in [0.2, 0.25) is 0 Å². The summed E-state index contributed by atoms with van der Waals surface area (Å²) in [5, 5.41) is 0.845. The van der Waals surface area contributed by atoms with E-state index in [-0.39, 0.29) is 0 Å². The number of rotatable bonds is 27. The Labute approximate surface area is 190 Å². The van der Waals surface area contributed by atoms with E-state index in [1.165, 1.54) is 0 Å². The Morgan fingerprint density at radius 3 is 0.733 bits per heavy atom. The number of halogens is 1. The zero-order chi connectivity index (χ0) is 21.8. The van der Waals surface area contributed by atoms with Gasteiger partial charge in [0, 0.05) is 11.9 Å². The molecule has 0 spiro atoms. The van der Waals surface area contributed by atoms with Gasteiger partial charge in [-0.2, -0.15) is 0 Å². The molecule has 0 aliphatic heterocycles. The van der Waals surface area contributed by atoms with Crippen molar-refractivity contribution < 1.29 is 42.6 Å². The van der Waals surface area contributed by atoms with Crippen molar-refractivity contribution in [3.05, 3.63) is 0 Å². The Balaban J connectivity index is 2.97. The maximum atomic E-state index is 5.43. The van der Waals surface area contributed by atoms with Crippen LogP contribution in [0.3, 0.4) is 0 Å².